The second kappa shape index (κ2) is 5.47. The third-order valence-electron chi connectivity index (χ3n) is 3.75. The lowest BCUT2D eigenvalue weighted by atomic mass is 10.1. The van der Waals surface area contributed by atoms with Crippen LogP contribution in [-0.4, -0.2) is 9.55 Å². The average Bonchev–Trinajstić information content (AvgIpc) is 2.82. The van der Waals surface area contributed by atoms with Crippen molar-refractivity contribution in [3.8, 4) is 0 Å². The first kappa shape index (κ1) is 12.9. The predicted octanol–water partition coefficient (Wildman–Crippen LogP) is 2.82. The van der Waals surface area contributed by atoms with Crippen LogP contribution >= 0.6 is 0 Å². The van der Waals surface area contributed by atoms with Gasteiger partial charge < -0.3 is 10.3 Å². The van der Waals surface area contributed by atoms with E-state index in [1.165, 1.54) is 5.56 Å². The average molecular weight is 265 g/mol. The van der Waals surface area contributed by atoms with Gasteiger partial charge in [-0.15, -0.1) is 0 Å². The van der Waals surface area contributed by atoms with Crippen LogP contribution in [0.1, 0.15) is 17.0 Å². The first-order valence-electron chi connectivity index (χ1n) is 6.96. The van der Waals surface area contributed by atoms with Gasteiger partial charge in [0.15, 0.2) is 0 Å². The van der Waals surface area contributed by atoms with E-state index in [9.17, 15) is 0 Å². The van der Waals surface area contributed by atoms with Crippen LogP contribution in [-0.2, 0) is 26.4 Å². The molecule has 3 heteroatoms. The second-order valence-corrected chi connectivity index (χ2v) is 5.10. The summed E-state index contributed by atoms with van der Waals surface area (Å²) >= 11 is 0. The zero-order valence-electron chi connectivity index (χ0n) is 11.7. The van der Waals surface area contributed by atoms with Crippen LogP contribution in [0.25, 0.3) is 11.0 Å². The Morgan fingerprint density at radius 3 is 2.55 bits per heavy atom. The lowest BCUT2D eigenvalue weighted by Crippen LogP contribution is -2.01. The maximum Gasteiger partial charge on any atom is 0.109 e. The van der Waals surface area contributed by atoms with Crippen LogP contribution in [0.5, 0.6) is 0 Å². The van der Waals surface area contributed by atoms with Crippen molar-refractivity contribution >= 4 is 11.0 Å². The summed E-state index contributed by atoms with van der Waals surface area (Å²) in [5.74, 6) is 1.12. The largest absolute Gasteiger partial charge is 0.331 e. The van der Waals surface area contributed by atoms with E-state index in [1.54, 1.807) is 0 Å². The number of imidazole rings is 1. The monoisotopic (exact) mass is 265 g/mol. The first-order valence-corrected chi connectivity index (χ1v) is 6.96. The van der Waals surface area contributed by atoms with Gasteiger partial charge in [0.1, 0.15) is 5.82 Å². The molecule has 0 spiro atoms. The molecule has 0 bridgehead atoms. The molecule has 0 aliphatic heterocycles. The number of fused-ring (bicyclic) bond motifs is 1. The lowest BCUT2D eigenvalue weighted by molar-refractivity contribution is 0.786. The van der Waals surface area contributed by atoms with E-state index in [4.69, 9.17) is 10.7 Å². The minimum absolute atomic E-state index is 0.570. The van der Waals surface area contributed by atoms with Crippen molar-refractivity contribution in [2.45, 2.75) is 19.4 Å². The molecule has 2 N–H and O–H groups in total. The molecule has 1 heterocycles. The molecular weight excluding hydrogens is 246 g/mol. The third kappa shape index (κ3) is 2.45. The highest BCUT2D eigenvalue weighted by atomic mass is 15.1. The second-order valence-electron chi connectivity index (χ2n) is 5.10. The van der Waals surface area contributed by atoms with Gasteiger partial charge >= 0.3 is 0 Å². The molecule has 0 radical (unpaired) electrons. The summed E-state index contributed by atoms with van der Waals surface area (Å²) in [7, 11) is 2.08. The number of hydrogen-bond acceptors (Lipinski definition) is 2. The molecule has 0 aliphatic rings. The fourth-order valence-electron chi connectivity index (χ4n) is 2.54. The van der Waals surface area contributed by atoms with Crippen molar-refractivity contribution in [3.63, 3.8) is 0 Å². The topological polar surface area (TPSA) is 43.8 Å². The summed E-state index contributed by atoms with van der Waals surface area (Å²) < 4.78 is 2.18. The van der Waals surface area contributed by atoms with E-state index in [2.05, 4.69) is 54.1 Å². The lowest BCUT2D eigenvalue weighted by Gasteiger charge is -2.03. The van der Waals surface area contributed by atoms with Crippen LogP contribution < -0.4 is 5.73 Å². The number of nitrogens with two attached hydrogens (primary N) is 1. The van der Waals surface area contributed by atoms with Crippen molar-refractivity contribution in [1.29, 1.82) is 0 Å². The van der Waals surface area contributed by atoms with E-state index in [0.717, 1.165) is 35.3 Å². The van der Waals surface area contributed by atoms with Crippen molar-refractivity contribution < 1.29 is 0 Å². The number of benzene rings is 2. The van der Waals surface area contributed by atoms with Crippen molar-refractivity contribution in [2.75, 3.05) is 0 Å². The van der Waals surface area contributed by atoms with E-state index in [0.29, 0.717) is 6.54 Å². The molecule has 0 atom stereocenters. The minimum atomic E-state index is 0.570. The number of aromatic nitrogens is 2. The molecule has 3 aromatic rings. The van der Waals surface area contributed by atoms with Gasteiger partial charge in [-0.05, 0) is 29.7 Å². The Morgan fingerprint density at radius 1 is 1.00 bits per heavy atom. The molecule has 2 aromatic carbocycles. The molecule has 102 valence electrons. The van der Waals surface area contributed by atoms with E-state index >= 15 is 0 Å². The number of hydrogen-bond donors (Lipinski definition) is 1. The molecule has 20 heavy (non-hydrogen) atoms. The highest BCUT2D eigenvalue weighted by Crippen LogP contribution is 2.18. The summed E-state index contributed by atoms with van der Waals surface area (Å²) in [6.45, 7) is 0.570. The first-order chi connectivity index (χ1) is 9.78. The van der Waals surface area contributed by atoms with Crippen molar-refractivity contribution in [1.82, 2.24) is 9.55 Å². The Hall–Kier alpha value is -2.13. The molecule has 0 amide bonds. The molecule has 1 aromatic heterocycles. The Morgan fingerprint density at radius 2 is 1.80 bits per heavy atom. The molecule has 0 saturated heterocycles. The zero-order valence-corrected chi connectivity index (χ0v) is 11.7. The van der Waals surface area contributed by atoms with Crippen molar-refractivity contribution in [3.05, 3.63) is 65.5 Å². The van der Waals surface area contributed by atoms with E-state index < -0.39 is 0 Å². The molecule has 0 fully saturated rings. The predicted molar refractivity (Wildman–Crippen MR) is 82.5 cm³/mol. The fraction of sp³-hybridized carbons (Fsp3) is 0.235. The fourth-order valence-corrected chi connectivity index (χ4v) is 2.54. The standard InChI is InChI=1S/C17H19N3/c1-20-16-11-14(12-18)7-9-15(16)19-17(20)10-8-13-5-3-2-4-6-13/h2-7,9,11H,8,10,12,18H2,1H3. The molecule has 3 nitrogen and oxygen atoms in total. The smallest absolute Gasteiger partial charge is 0.109 e. The Labute approximate surface area is 119 Å². The molecule has 0 saturated carbocycles. The van der Waals surface area contributed by atoms with Crippen LogP contribution in [0.4, 0.5) is 0 Å². The van der Waals surface area contributed by atoms with Gasteiger partial charge in [-0.3, -0.25) is 0 Å². The quantitative estimate of drug-likeness (QED) is 0.788. The van der Waals surface area contributed by atoms with Crippen molar-refractivity contribution in [2.24, 2.45) is 12.8 Å². The third-order valence-corrected chi connectivity index (χ3v) is 3.75. The highest BCUT2D eigenvalue weighted by Gasteiger charge is 2.08. The summed E-state index contributed by atoms with van der Waals surface area (Å²) in [6.07, 6.45) is 1.97. The van der Waals surface area contributed by atoms with Crippen LogP contribution in [0, 0.1) is 0 Å². The Balaban J connectivity index is 1.86. The van der Waals surface area contributed by atoms with Gasteiger partial charge in [0, 0.05) is 20.0 Å². The maximum absolute atomic E-state index is 5.70. The number of aryl methyl sites for hydroxylation is 3. The van der Waals surface area contributed by atoms with Gasteiger partial charge in [-0.1, -0.05) is 36.4 Å². The number of rotatable bonds is 4. The minimum Gasteiger partial charge on any atom is -0.331 e. The normalized spacial score (nSPS) is 11.1. The van der Waals surface area contributed by atoms with Gasteiger partial charge in [0.05, 0.1) is 11.0 Å². The molecule has 3 rings (SSSR count). The Bertz CT molecular complexity index is 714. The summed E-state index contributed by atoms with van der Waals surface area (Å²) in [5, 5.41) is 0. The summed E-state index contributed by atoms with van der Waals surface area (Å²) in [6, 6.07) is 16.8. The van der Waals surface area contributed by atoms with E-state index in [1.807, 2.05) is 6.07 Å². The maximum atomic E-state index is 5.70. The number of nitrogens with zero attached hydrogens (tertiary/aromatic N) is 2. The van der Waals surface area contributed by atoms with Crippen LogP contribution in [0.15, 0.2) is 48.5 Å². The van der Waals surface area contributed by atoms with Gasteiger partial charge in [-0.25, -0.2) is 4.98 Å². The summed E-state index contributed by atoms with van der Waals surface area (Å²) in [4.78, 5) is 4.72. The molecule has 0 unspecified atom stereocenters. The van der Waals surface area contributed by atoms with Crippen LogP contribution in [0.3, 0.4) is 0 Å². The van der Waals surface area contributed by atoms with Crippen LogP contribution in [0.2, 0.25) is 0 Å². The van der Waals surface area contributed by atoms with Gasteiger partial charge in [0.25, 0.3) is 0 Å². The SMILES string of the molecule is Cn1c(CCc2ccccc2)nc2ccc(CN)cc21. The van der Waals surface area contributed by atoms with Gasteiger partial charge in [-0.2, -0.15) is 0 Å². The van der Waals surface area contributed by atoms with E-state index in [-0.39, 0.29) is 0 Å². The summed E-state index contributed by atoms with van der Waals surface area (Å²) in [5.41, 5.74) is 10.4. The Kier molecular flexibility index (Phi) is 3.52. The highest BCUT2D eigenvalue weighted by molar-refractivity contribution is 5.76. The zero-order chi connectivity index (χ0) is 13.9. The molecule has 0 aliphatic carbocycles. The molecular formula is C17H19N3. The van der Waals surface area contributed by atoms with Gasteiger partial charge in [0.2, 0.25) is 0 Å².